The summed E-state index contributed by atoms with van der Waals surface area (Å²) in [4.78, 5) is 5.15. The van der Waals surface area contributed by atoms with Crippen molar-refractivity contribution in [3.63, 3.8) is 0 Å². The van der Waals surface area contributed by atoms with Gasteiger partial charge in [0.25, 0.3) is 0 Å². The molecule has 0 aliphatic carbocycles. The van der Waals surface area contributed by atoms with Crippen LogP contribution in [0.15, 0.2) is 12.1 Å². The quantitative estimate of drug-likeness (QED) is 0.923. The van der Waals surface area contributed by atoms with Crippen LogP contribution in [0.3, 0.4) is 0 Å². The van der Waals surface area contributed by atoms with Gasteiger partial charge in [0.2, 0.25) is 5.75 Å². The maximum atomic E-state index is 10.0. The summed E-state index contributed by atoms with van der Waals surface area (Å²) in [6.07, 6.45) is 2.63. The summed E-state index contributed by atoms with van der Waals surface area (Å²) in [7, 11) is 3.14. The normalized spacial score (nSPS) is 26.0. The van der Waals surface area contributed by atoms with Gasteiger partial charge in [-0.05, 0) is 44.0 Å². The van der Waals surface area contributed by atoms with E-state index >= 15 is 0 Å². The number of ether oxygens (including phenoxy) is 2. The standard InChI is InChI=1S/C17H26N2O3/c1-12-14-5-4-6-18(14)7-8-19(12)11-13-9-15(21-2)17(20)16(10-13)22-3/h9-10,12,14,20H,4-8,11H2,1-3H3/t12-,14+/m0/s1. The molecule has 1 N–H and O–H groups in total. The number of methoxy groups -OCH3 is 2. The lowest BCUT2D eigenvalue weighted by Crippen LogP contribution is -2.55. The monoisotopic (exact) mass is 306 g/mol. The highest BCUT2D eigenvalue weighted by atomic mass is 16.5. The van der Waals surface area contributed by atoms with Crippen molar-refractivity contribution >= 4 is 0 Å². The van der Waals surface area contributed by atoms with Crippen LogP contribution in [0, 0.1) is 0 Å². The van der Waals surface area contributed by atoms with Gasteiger partial charge in [0.05, 0.1) is 14.2 Å². The number of nitrogens with zero attached hydrogens (tertiary/aromatic N) is 2. The van der Waals surface area contributed by atoms with Gasteiger partial charge in [0.15, 0.2) is 11.5 Å². The lowest BCUT2D eigenvalue weighted by molar-refractivity contribution is 0.0469. The average Bonchev–Trinajstić information content (AvgIpc) is 3.01. The first-order valence-corrected chi connectivity index (χ1v) is 8.06. The van der Waals surface area contributed by atoms with Gasteiger partial charge in [-0.15, -0.1) is 0 Å². The Morgan fingerprint density at radius 1 is 1.14 bits per heavy atom. The molecule has 2 fully saturated rings. The van der Waals surface area contributed by atoms with Gasteiger partial charge in [0, 0.05) is 31.7 Å². The third kappa shape index (κ3) is 2.75. The molecule has 0 unspecified atom stereocenters. The zero-order chi connectivity index (χ0) is 15.7. The number of phenols is 1. The molecule has 22 heavy (non-hydrogen) atoms. The molecule has 2 aliphatic rings. The molecule has 3 rings (SSSR count). The Kier molecular flexibility index (Phi) is 4.45. The Morgan fingerprint density at radius 2 is 1.82 bits per heavy atom. The van der Waals surface area contributed by atoms with Crippen LogP contribution in [0.4, 0.5) is 0 Å². The lowest BCUT2D eigenvalue weighted by Gasteiger charge is -2.43. The third-order valence-electron chi connectivity index (χ3n) is 5.15. The molecule has 0 spiro atoms. The van der Waals surface area contributed by atoms with Crippen molar-refractivity contribution in [2.75, 3.05) is 33.9 Å². The molecule has 2 aliphatic heterocycles. The molecule has 2 atom stereocenters. The van der Waals surface area contributed by atoms with Gasteiger partial charge in [-0.2, -0.15) is 0 Å². The van der Waals surface area contributed by atoms with Crippen molar-refractivity contribution in [1.29, 1.82) is 0 Å². The molecule has 0 bridgehead atoms. The Morgan fingerprint density at radius 3 is 2.45 bits per heavy atom. The maximum absolute atomic E-state index is 10.0. The minimum Gasteiger partial charge on any atom is -0.502 e. The number of benzene rings is 1. The van der Waals surface area contributed by atoms with Crippen molar-refractivity contribution in [3.05, 3.63) is 17.7 Å². The van der Waals surface area contributed by atoms with Crippen LogP contribution in [-0.4, -0.2) is 60.8 Å². The van der Waals surface area contributed by atoms with Gasteiger partial charge in [-0.1, -0.05) is 0 Å². The zero-order valence-corrected chi connectivity index (χ0v) is 13.7. The van der Waals surface area contributed by atoms with Crippen molar-refractivity contribution in [2.45, 2.75) is 38.4 Å². The summed E-state index contributed by atoms with van der Waals surface area (Å²) < 4.78 is 10.5. The predicted molar refractivity (Wildman–Crippen MR) is 85.7 cm³/mol. The maximum Gasteiger partial charge on any atom is 0.200 e. The number of phenolic OH excluding ortho intramolecular Hbond substituents is 1. The molecule has 0 radical (unpaired) electrons. The molecule has 0 amide bonds. The van der Waals surface area contributed by atoms with E-state index < -0.39 is 0 Å². The smallest absolute Gasteiger partial charge is 0.200 e. The fourth-order valence-corrected chi connectivity index (χ4v) is 3.88. The first-order chi connectivity index (χ1) is 10.6. The van der Waals surface area contributed by atoms with Crippen molar-refractivity contribution in [1.82, 2.24) is 9.80 Å². The van der Waals surface area contributed by atoms with Crippen molar-refractivity contribution in [3.8, 4) is 17.2 Å². The summed E-state index contributed by atoms with van der Waals surface area (Å²) in [5.41, 5.74) is 1.12. The number of hydrogen-bond donors (Lipinski definition) is 1. The number of rotatable bonds is 4. The molecule has 0 saturated carbocycles. The summed E-state index contributed by atoms with van der Waals surface area (Å²) in [5.74, 6) is 1.02. The molecular weight excluding hydrogens is 280 g/mol. The summed E-state index contributed by atoms with van der Waals surface area (Å²) in [5, 5.41) is 10.0. The van der Waals surface area contributed by atoms with E-state index in [0.29, 0.717) is 23.6 Å². The highest BCUT2D eigenvalue weighted by Gasteiger charge is 2.36. The van der Waals surface area contributed by atoms with Crippen molar-refractivity contribution < 1.29 is 14.6 Å². The fraction of sp³-hybridized carbons (Fsp3) is 0.647. The minimum absolute atomic E-state index is 0.0717. The minimum atomic E-state index is 0.0717. The largest absolute Gasteiger partial charge is 0.502 e. The average molecular weight is 306 g/mol. The van der Waals surface area contributed by atoms with E-state index in [4.69, 9.17) is 9.47 Å². The fourth-order valence-electron chi connectivity index (χ4n) is 3.88. The Labute approximate surface area is 132 Å². The van der Waals surface area contributed by atoms with E-state index in [1.165, 1.54) is 19.4 Å². The van der Waals surface area contributed by atoms with E-state index in [0.717, 1.165) is 25.2 Å². The van der Waals surface area contributed by atoms with Crippen LogP contribution in [-0.2, 0) is 6.54 Å². The van der Waals surface area contributed by atoms with E-state index in [9.17, 15) is 5.11 Å². The third-order valence-corrected chi connectivity index (χ3v) is 5.15. The lowest BCUT2D eigenvalue weighted by atomic mass is 10.0. The molecule has 5 nitrogen and oxygen atoms in total. The molecule has 1 aromatic carbocycles. The van der Waals surface area contributed by atoms with E-state index in [1.54, 1.807) is 14.2 Å². The van der Waals surface area contributed by atoms with Gasteiger partial charge in [-0.3, -0.25) is 9.80 Å². The van der Waals surface area contributed by atoms with Gasteiger partial charge >= 0.3 is 0 Å². The van der Waals surface area contributed by atoms with Gasteiger partial charge < -0.3 is 14.6 Å². The Hall–Kier alpha value is -1.46. The Bertz CT molecular complexity index is 510. The van der Waals surface area contributed by atoms with Crippen LogP contribution < -0.4 is 9.47 Å². The summed E-state index contributed by atoms with van der Waals surface area (Å²) >= 11 is 0. The van der Waals surface area contributed by atoms with Crippen LogP contribution in [0.2, 0.25) is 0 Å². The Balaban J connectivity index is 1.78. The second-order valence-electron chi connectivity index (χ2n) is 6.31. The number of fused-ring (bicyclic) bond motifs is 1. The van der Waals surface area contributed by atoms with Crippen LogP contribution in [0.1, 0.15) is 25.3 Å². The van der Waals surface area contributed by atoms with E-state index in [2.05, 4.69) is 16.7 Å². The number of hydrogen-bond acceptors (Lipinski definition) is 5. The highest BCUT2D eigenvalue weighted by molar-refractivity contribution is 5.52. The van der Waals surface area contributed by atoms with Crippen LogP contribution in [0.25, 0.3) is 0 Å². The first-order valence-electron chi connectivity index (χ1n) is 8.06. The molecular formula is C17H26N2O3. The molecule has 0 aromatic heterocycles. The van der Waals surface area contributed by atoms with Gasteiger partial charge in [0.1, 0.15) is 0 Å². The molecule has 5 heteroatoms. The second-order valence-corrected chi connectivity index (χ2v) is 6.31. The van der Waals surface area contributed by atoms with Crippen molar-refractivity contribution in [2.24, 2.45) is 0 Å². The predicted octanol–water partition coefficient (Wildman–Crippen LogP) is 2.08. The molecule has 1 aromatic rings. The number of aromatic hydroxyl groups is 1. The topological polar surface area (TPSA) is 45.2 Å². The zero-order valence-electron chi connectivity index (χ0n) is 13.7. The van der Waals surface area contributed by atoms with E-state index in [-0.39, 0.29) is 5.75 Å². The second kappa shape index (κ2) is 6.34. The SMILES string of the molecule is COc1cc(CN2CCN3CCC[C@@H]3[C@@H]2C)cc(OC)c1O. The van der Waals surface area contributed by atoms with Crippen LogP contribution >= 0.6 is 0 Å². The van der Waals surface area contributed by atoms with Crippen LogP contribution in [0.5, 0.6) is 17.2 Å². The summed E-state index contributed by atoms with van der Waals surface area (Å²) in [6, 6.07) is 5.06. The highest BCUT2D eigenvalue weighted by Crippen LogP contribution is 2.38. The first kappa shape index (κ1) is 15.4. The van der Waals surface area contributed by atoms with E-state index in [1.807, 2.05) is 12.1 Å². The summed E-state index contributed by atoms with van der Waals surface area (Å²) in [6.45, 7) is 6.68. The van der Waals surface area contributed by atoms with Gasteiger partial charge in [-0.25, -0.2) is 0 Å². The molecule has 2 saturated heterocycles. The molecule has 122 valence electrons. The molecule has 2 heterocycles. The number of piperazine rings is 1.